The van der Waals surface area contributed by atoms with E-state index in [4.69, 9.17) is 19.9 Å². The van der Waals surface area contributed by atoms with Gasteiger partial charge >= 0.3 is 0 Å². The molecule has 0 spiro atoms. The second kappa shape index (κ2) is 34.0. The number of aromatic amines is 8. The van der Waals surface area contributed by atoms with Gasteiger partial charge in [0.15, 0.2) is 45.9 Å². The Labute approximate surface area is 736 Å². The lowest BCUT2D eigenvalue weighted by Crippen LogP contribution is -2.11. The number of H-pyrrole nitrogens is 8. The monoisotopic (exact) mass is 1740 g/mol. The van der Waals surface area contributed by atoms with Crippen molar-refractivity contribution in [1.82, 2.24) is 146 Å². The molecule has 0 amide bonds. The van der Waals surface area contributed by atoms with E-state index < -0.39 is 0 Å². The van der Waals surface area contributed by atoms with Crippen molar-refractivity contribution in [2.24, 2.45) is 0 Å². The van der Waals surface area contributed by atoms with E-state index in [0.717, 1.165) is 205 Å². The predicted octanol–water partition coefficient (Wildman–Crippen LogP) is 19.7. The number of hydrogen-bond donors (Lipinski definition) is 10. The van der Waals surface area contributed by atoms with Crippen LogP contribution in [-0.4, -0.2) is 167 Å². The molecular formula is C92H71N31S4. The number of nitrogens with one attached hydrogen (secondary N) is 10. The van der Waals surface area contributed by atoms with Gasteiger partial charge in [0.25, 0.3) is 0 Å². The number of nitrogens with zero attached hydrogens (tertiary/aromatic N) is 21. The highest BCUT2D eigenvalue weighted by Crippen LogP contribution is 2.41. The first-order valence-corrected chi connectivity index (χ1v) is 43.8. The van der Waals surface area contributed by atoms with E-state index in [1.54, 1.807) is 82.5 Å². The molecule has 127 heavy (non-hydrogen) atoms. The fourth-order valence-corrected chi connectivity index (χ4v) is 17.9. The zero-order chi connectivity index (χ0) is 85.4. The minimum absolute atomic E-state index is 0.324. The van der Waals surface area contributed by atoms with Crippen molar-refractivity contribution in [3.8, 4) is 132 Å². The molecule has 618 valence electrons. The summed E-state index contributed by atoms with van der Waals surface area (Å²) in [4.78, 5) is 92.8. The molecule has 0 aliphatic rings. The van der Waals surface area contributed by atoms with Crippen LogP contribution < -0.4 is 15.5 Å². The number of imidazole rings is 4. The minimum Gasteiger partial charge on any atom is -0.382 e. The first-order chi connectivity index (χ1) is 62.5. The van der Waals surface area contributed by atoms with E-state index in [1.807, 2.05) is 142 Å². The molecule has 0 bridgehead atoms. The molecule has 0 radical (unpaired) electrons. The summed E-state index contributed by atoms with van der Waals surface area (Å²) >= 11 is 6.68. The molecular weight excluding hydrogens is 1670 g/mol. The third kappa shape index (κ3) is 15.7. The van der Waals surface area contributed by atoms with Gasteiger partial charge in [-0.25, -0.2) is 39.9 Å². The standard InChI is InChI=1S/2C24H20N8S.C23H18N8S.C21H13N7S/c1-13(2)28-16-6-14(8-25-10-16)15-7-17-22(31-32-23(17)27-9-15)24-29-19-12-26-11-18(21(19)30-24)20-4-3-5-33-20;1-2-25-8-14-6-15(10-26-9-14)16-7-17-22(31-32-23(17)28-11-16)24-29-19-13-27-12-18(21(19)30-24)20-4-3-5-33-20;1-31(2)15-6-13(8-24-10-15)14-7-16-21(29-30-22(16)26-9-14)23-27-18-12-25-11-17(20(18)28-23)19-4-3-5-32-19;1-3-12(8-22-5-1)13-7-14-19(27-28-20(14)24-9-13)21-25-16-11-23-10-15(18(16)26-21)17-4-2-6-29-17/h3-13,28H,1-2H3,(H,29,30)(H,27,31,32);3-7,9-13,25H,2,8H2,1H3,(H,29,30)(H,28,31,32);3-12H,1-2H3,(H,27,28)(H,26,29,30);1-11H,(H,25,26)(H,24,27,28). The van der Waals surface area contributed by atoms with Crippen molar-refractivity contribution >= 4 is 145 Å². The van der Waals surface area contributed by atoms with E-state index in [0.29, 0.717) is 51.9 Å². The van der Waals surface area contributed by atoms with Crippen molar-refractivity contribution in [2.45, 2.75) is 33.4 Å². The number of aromatic nitrogens is 28. The summed E-state index contributed by atoms with van der Waals surface area (Å²) in [6.45, 7) is 7.99. The van der Waals surface area contributed by atoms with E-state index in [-0.39, 0.29) is 0 Å². The molecule has 0 aliphatic heterocycles. The molecule has 10 N–H and O–H groups in total. The zero-order valence-corrected chi connectivity index (χ0v) is 71.5. The minimum atomic E-state index is 0.324. The molecule has 0 unspecified atom stereocenters. The average Bonchev–Trinajstić information content (AvgIpc) is 1.63. The van der Waals surface area contributed by atoms with Crippen LogP contribution in [0.3, 0.4) is 0 Å². The van der Waals surface area contributed by atoms with E-state index in [2.05, 4.69) is 240 Å². The van der Waals surface area contributed by atoms with Crippen molar-refractivity contribution in [3.63, 3.8) is 0 Å². The van der Waals surface area contributed by atoms with Gasteiger partial charge in [0, 0.05) is 206 Å². The molecule has 24 aromatic rings. The molecule has 0 saturated heterocycles. The molecule has 0 fully saturated rings. The molecule has 24 aromatic heterocycles. The fourth-order valence-electron chi connectivity index (χ4n) is 15.0. The van der Waals surface area contributed by atoms with Crippen molar-refractivity contribution in [1.29, 1.82) is 0 Å². The Bertz CT molecular complexity index is 8040. The van der Waals surface area contributed by atoms with Gasteiger partial charge in [-0.3, -0.25) is 60.3 Å². The predicted molar refractivity (Wildman–Crippen MR) is 504 cm³/mol. The third-order valence-electron chi connectivity index (χ3n) is 21.1. The molecule has 24 heterocycles. The molecule has 0 aliphatic carbocycles. The van der Waals surface area contributed by atoms with Crippen LogP contribution in [0.15, 0.2) is 249 Å². The second-order valence-corrected chi connectivity index (χ2v) is 33.8. The number of fused-ring (bicyclic) bond motifs is 8. The molecule has 0 aromatic carbocycles. The SMILES string of the molecule is CC(C)Nc1cncc(-c2cnc3n[nH]c(-c4nc5c(-c6cccs6)cncc5[nH]4)c3c2)c1.CCNCc1cncc(-c2cnc3n[nH]c(-c4nc5c(-c6cccs6)cncc5[nH]4)c3c2)c1.CN(C)c1cncc(-c2cnc3n[nH]c(-c4nc5c(-c6cccs6)cncc5[nH]4)c3c2)c1.c1cncc(-c2cnc3n[nH]c(-c4nc5c(-c6cccs6)cncc5[nH]4)c3c2)c1. The summed E-state index contributed by atoms with van der Waals surface area (Å²) in [5, 5.41) is 48.5. The summed E-state index contributed by atoms with van der Waals surface area (Å²) < 4.78 is 0. The lowest BCUT2D eigenvalue weighted by Gasteiger charge is -2.12. The summed E-state index contributed by atoms with van der Waals surface area (Å²) in [5.74, 6) is 2.81. The topological polar surface area (TPSA) is 411 Å². The van der Waals surface area contributed by atoms with E-state index in [9.17, 15) is 0 Å². The van der Waals surface area contributed by atoms with Crippen LogP contribution in [0.25, 0.3) is 221 Å². The molecule has 31 nitrogen and oxygen atoms in total. The Morgan fingerprint density at radius 3 is 1.05 bits per heavy atom. The molecule has 0 atom stereocenters. The van der Waals surface area contributed by atoms with Gasteiger partial charge in [0.05, 0.1) is 86.0 Å². The third-order valence-corrected chi connectivity index (χ3v) is 24.7. The zero-order valence-electron chi connectivity index (χ0n) is 68.2. The maximum atomic E-state index is 4.90. The number of pyridine rings is 12. The highest BCUT2D eigenvalue weighted by atomic mass is 32.1. The number of hydrogen-bond acceptors (Lipinski definition) is 27. The normalized spacial score (nSPS) is 11.5. The summed E-state index contributed by atoms with van der Waals surface area (Å²) in [5.41, 5.74) is 27.8. The number of thiophene rings is 4. The van der Waals surface area contributed by atoms with Gasteiger partial charge in [-0.15, -0.1) is 45.3 Å². The van der Waals surface area contributed by atoms with Crippen molar-refractivity contribution in [2.75, 3.05) is 30.9 Å². The van der Waals surface area contributed by atoms with E-state index in [1.165, 1.54) is 0 Å². The summed E-state index contributed by atoms with van der Waals surface area (Å²) in [6, 6.07) is 35.3. The van der Waals surface area contributed by atoms with E-state index >= 15 is 0 Å². The quantitative estimate of drug-likeness (QED) is 0.0381. The Morgan fingerprint density at radius 1 is 0.346 bits per heavy atom. The largest absolute Gasteiger partial charge is 0.382 e. The number of rotatable bonds is 18. The molecule has 24 rings (SSSR count). The van der Waals surface area contributed by atoms with Gasteiger partial charge < -0.3 is 35.5 Å². The number of anilines is 2. The van der Waals surface area contributed by atoms with Crippen LogP contribution in [0, 0.1) is 0 Å². The Balaban J connectivity index is 0.000000103. The average molecular weight is 1740 g/mol. The Morgan fingerprint density at radius 2 is 0.693 bits per heavy atom. The van der Waals surface area contributed by atoms with Gasteiger partial charge in [-0.2, -0.15) is 20.4 Å². The summed E-state index contributed by atoms with van der Waals surface area (Å²) in [7, 11) is 3.99. The van der Waals surface area contributed by atoms with Gasteiger partial charge in [-0.1, -0.05) is 37.3 Å². The van der Waals surface area contributed by atoms with Crippen molar-refractivity contribution in [3.05, 3.63) is 254 Å². The van der Waals surface area contributed by atoms with Gasteiger partial charge in [0.1, 0.15) is 44.8 Å². The first-order valence-electron chi connectivity index (χ1n) is 40.3. The molecule has 35 heteroatoms. The maximum absolute atomic E-state index is 4.90. The van der Waals surface area contributed by atoms with Crippen LogP contribution in [0.5, 0.6) is 0 Å². The Hall–Kier alpha value is -16.1. The fraction of sp³-hybridized carbons (Fsp3) is 0.0870. The summed E-state index contributed by atoms with van der Waals surface area (Å²) in [6.07, 6.45) is 36.6. The van der Waals surface area contributed by atoms with Crippen LogP contribution in [0.1, 0.15) is 26.3 Å². The first kappa shape index (κ1) is 78.2. The van der Waals surface area contributed by atoms with Crippen LogP contribution in [0.4, 0.5) is 11.4 Å². The molecule has 0 saturated carbocycles. The van der Waals surface area contributed by atoms with Gasteiger partial charge in [-0.05, 0) is 120 Å². The maximum Gasteiger partial charge on any atom is 0.181 e. The highest BCUT2D eigenvalue weighted by molar-refractivity contribution is 7.14. The van der Waals surface area contributed by atoms with Crippen LogP contribution in [-0.2, 0) is 6.54 Å². The smallest absolute Gasteiger partial charge is 0.181 e. The van der Waals surface area contributed by atoms with Gasteiger partial charge in [0.2, 0.25) is 0 Å². The lowest BCUT2D eigenvalue weighted by molar-refractivity contribution is 0.724. The highest BCUT2D eigenvalue weighted by Gasteiger charge is 2.24. The lowest BCUT2D eigenvalue weighted by atomic mass is 10.1. The Kier molecular flexibility index (Phi) is 20.9. The van der Waals surface area contributed by atoms with Crippen LogP contribution in [0.2, 0.25) is 0 Å². The van der Waals surface area contributed by atoms with Crippen LogP contribution >= 0.6 is 45.3 Å². The van der Waals surface area contributed by atoms with Crippen molar-refractivity contribution < 1.29 is 0 Å². The second-order valence-electron chi connectivity index (χ2n) is 30.1.